The van der Waals surface area contributed by atoms with Gasteiger partial charge >= 0.3 is 0 Å². The van der Waals surface area contributed by atoms with Crippen molar-refractivity contribution in [3.8, 4) is 5.69 Å². The molecular formula is C11H7BrClN5O. The standard InChI is InChI=1S/C11H7BrClN5O/c12-5-4-18(7-1-2-15-3-6(7)13)11(19)8-9(5)16-17-10(8)14/h1-4H,(H3,14,16,17). The Bertz CT molecular complexity index is 841. The van der Waals surface area contributed by atoms with Crippen LogP contribution in [0.2, 0.25) is 5.02 Å². The van der Waals surface area contributed by atoms with Gasteiger partial charge in [-0.2, -0.15) is 5.10 Å². The summed E-state index contributed by atoms with van der Waals surface area (Å²) in [7, 11) is 0. The van der Waals surface area contributed by atoms with Gasteiger partial charge in [0.15, 0.2) is 5.82 Å². The van der Waals surface area contributed by atoms with Crippen molar-refractivity contribution in [3.05, 3.63) is 44.5 Å². The number of H-pyrrole nitrogens is 1. The minimum absolute atomic E-state index is 0.153. The van der Waals surface area contributed by atoms with Crippen LogP contribution in [0.15, 0.2) is 33.9 Å². The van der Waals surface area contributed by atoms with E-state index in [2.05, 4.69) is 31.1 Å². The molecule has 0 aromatic carbocycles. The Kier molecular flexibility index (Phi) is 2.79. The molecule has 0 atom stereocenters. The van der Waals surface area contributed by atoms with Gasteiger partial charge < -0.3 is 5.73 Å². The summed E-state index contributed by atoms with van der Waals surface area (Å²) in [5.41, 5.74) is 6.51. The summed E-state index contributed by atoms with van der Waals surface area (Å²) < 4.78 is 2.07. The number of pyridine rings is 2. The van der Waals surface area contributed by atoms with Crippen LogP contribution in [0.4, 0.5) is 5.82 Å². The minimum Gasteiger partial charge on any atom is -0.382 e. The summed E-state index contributed by atoms with van der Waals surface area (Å²) in [5.74, 6) is 0.153. The number of hydrogen-bond donors (Lipinski definition) is 2. The van der Waals surface area contributed by atoms with Crippen molar-refractivity contribution in [2.75, 3.05) is 5.73 Å². The molecule has 3 N–H and O–H groups in total. The van der Waals surface area contributed by atoms with Crippen molar-refractivity contribution in [3.63, 3.8) is 0 Å². The first-order valence-electron chi connectivity index (χ1n) is 5.24. The highest BCUT2D eigenvalue weighted by Gasteiger charge is 2.15. The zero-order valence-corrected chi connectivity index (χ0v) is 11.7. The number of nitrogens with one attached hydrogen (secondary N) is 1. The highest BCUT2D eigenvalue weighted by atomic mass is 79.9. The molecule has 3 aromatic rings. The molecule has 3 aromatic heterocycles. The smallest absolute Gasteiger partial charge is 0.268 e. The van der Waals surface area contributed by atoms with Crippen molar-refractivity contribution in [1.29, 1.82) is 0 Å². The monoisotopic (exact) mass is 339 g/mol. The SMILES string of the molecule is Nc1n[nH]c2c(Br)cn(-c3ccncc3Cl)c(=O)c12. The molecule has 0 bridgehead atoms. The van der Waals surface area contributed by atoms with Crippen molar-refractivity contribution in [1.82, 2.24) is 19.7 Å². The Labute approximate surface area is 120 Å². The average Bonchev–Trinajstić information content (AvgIpc) is 2.78. The molecule has 0 unspecified atom stereocenters. The molecule has 0 saturated heterocycles. The number of nitrogens with zero attached hydrogens (tertiary/aromatic N) is 3. The lowest BCUT2D eigenvalue weighted by Gasteiger charge is -2.08. The number of nitrogens with two attached hydrogens (primary N) is 1. The fourth-order valence-corrected chi connectivity index (χ4v) is 2.55. The maximum absolute atomic E-state index is 12.4. The van der Waals surface area contributed by atoms with Gasteiger partial charge in [-0.15, -0.1) is 0 Å². The number of aromatic amines is 1. The number of aromatic nitrogens is 4. The van der Waals surface area contributed by atoms with Gasteiger partial charge in [0.05, 0.1) is 20.7 Å². The Morgan fingerprint density at radius 1 is 1.47 bits per heavy atom. The quantitative estimate of drug-likeness (QED) is 0.710. The Balaban J connectivity index is 2.44. The van der Waals surface area contributed by atoms with E-state index in [0.29, 0.717) is 26.1 Å². The first-order chi connectivity index (χ1) is 9.09. The number of fused-ring (bicyclic) bond motifs is 1. The molecule has 0 aliphatic carbocycles. The summed E-state index contributed by atoms with van der Waals surface area (Å²) in [4.78, 5) is 16.3. The maximum atomic E-state index is 12.4. The molecular weight excluding hydrogens is 334 g/mol. The van der Waals surface area contributed by atoms with E-state index < -0.39 is 0 Å². The van der Waals surface area contributed by atoms with Crippen molar-refractivity contribution in [2.24, 2.45) is 0 Å². The predicted octanol–water partition coefficient (Wildman–Crippen LogP) is 2.11. The van der Waals surface area contributed by atoms with Crippen molar-refractivity contribution >= 4 is 44.3 Å². The average molecular weight is 341 g/mol. The number of halogens is 2. The predicted molar refractivity (Wildman–Crippen MR) is 76.6 cm³/mol. The highest BCUT2D eigenvalue weighted by Crippen LogP contribution is 2.25. The summed E-state index contributed by atoms with van der Waals surface area (Å²) in [6.45, 7) is 0. The second-order valence-corrected chi connectivity index (χ2v) is 5.10. The van der Waals surface area contributed by atoms with Crippen molar-refractivity contribution in [2.45, 2.75) is 0 Å². The molecule has 19 heavy (non-hydrogen) atoms. The number of nitrogen functional groups attached to an aromatic ring is 1. The normalized spacial score (nSPS) is 11.1. The third-order valence-electron chi connectivity index (χ3n) is 2.72. The molecule has 0 saturated carbocycles. The lowest BCUT2D eigenvalue weighted by atomic mass is 10.3. The Hall–Kier alpha value is -1.86. The van der Waals surface area contributed by atoms with Crippen LogP contribution >= 0.6 is 27.5 Å². The van der Waals surface area contributed by atoms with Gasteiger partial charge in [0.1, 0.15) is 5.39 Å². The van der Waals surface area contributed by atoms with E-state index in [-0.39, 0.29) is 11.4 Å². The second-order valence-electron chi connectivity index (χ2n) is 3.84. The van der Waals surface area contributed by atoms with E-state index in [1.54, 1.807) is 18.5 Å². The van der Waals surface area contributed by atoms with Crippen LogP contribution in [0.25, 0.3) is 16.6 Å². The van der Waals surface area contributed by atoms with Crippen LogP contribution < -0.4 is 11.3 Å². The number of rotatable bonds is 1. The summed E-state index contributed by atoms with van der Waals surface area (Å²) in [6, 6.07) is 1.65. The maximum Gasteiger partial charge on any atom is 0.268 e. The van der Waals surface area contributed by atoms with Crippen LogP contribution in [-0.2, 0) is 0 Å². The highest BCUT2D eigenvalue weighted by molar-refractivity contribution is 9.10. The zero-order chi connectivity index (χ0) is 13.6. The van der Waals surface area contributed by atoms with Crippen LogP contribution in [-0.4, -0.2) is 19.7 Å². The van der Waals surface area contributed by atoms with E-state index in [1.165, 1.54) is 10.8 Å². The molecule has 0 amide bonds. The van der Waals surface area contributed by atoms with E-state index in [1.807, 2.05) is 0 Å². The van der Waals surface area contributed by atoms with Gasteiger partial charge in [-0.25, -0.2) is 0 Å². The van der Waals surface area contributed by atoms with E-state index >= 15 is 0 Å². The first-order valence-corrected chi connectivity index (χ1v) is 6.41. The Morgan fingerprint density at radius 2 is 2.26 bits per heavy atom. The first kappa shape index (κ1) is 12.2. The summed E-state index contributed by atoms with van der Waals surface area (Å²) >= 11 is 9.43. The van der Waals surface area contributed by atoms with Gasteiger partial charge in [0.25, 0.3) is 5.56 Å². The molecule has 0 aliphatic rings. The lowest BCUT2D eigenvalue weighted by Crippen LogP contribution is -2.18. The molecule has 96 valence electrons. The van der Waals surface area contributed by atoms with Gasteiger partial charge in [0.2, 0.25) is 0 Å². The summed E-state index contributed by atoms with van der Waals surface area (Å²) in [5, 5.41) is 7.24. The Morgan fingerprint density at radius 3 is 3.00 bits per heavy atom. The fourth-order valence-electron chi connectivity index (χ4n) is 1.84. The number of anilines is 1. The van der Waals surface area contributed by atoms with E-state index in [0.717, 1.165) is 0 Å². The number of hydrogen-bond acceptors (Lipinski definition) is 4. The van der Waals surface area contributed by atoms with Gasteiger partial charge in [0, 0.05) is 18.6 Å². The van der Waals surface area contributed by atoms with E-state index in [9.17, 15) is 4.79 Å². The second kappa shape index (κ2) is 4.36. The molecule has 0 radical (unpaired) electrons. The largest absolute Gasteiger partial charge is 0.382 e. The zero-order valence-electron chi connectivity index (χ0n) is 9.39. The molecule has 0 aliphatic heterocycles. The van der Waals surface area contributed by atoms with Crippen LogP contribution in [0, 0.1) is 0 Å². The lowest BCUT2D eigenvalue weighted by molar-refractivity contribution is 0.996. The van der Waals surface area contributed by atoms with Gasteiger partial charge in [-0.05, 0) is 22.0 Å². The summed E-state index contributed by atoms with van der Waals surface area (Å²) in [6.07, 6.45) is 4.65. The fraction of sp³-hybridized carbons (Fsp3) is 0. The van der Waals surface area contributed by atoms with E-state index in [4.69, 9.17) is 17.3 Å². The molecule has 6 nitrogen and oxygen atoms in total. The van der Waals surface area contributed by atoms with Gasteiger partial charge in [-0.1, -0.05) is 11.6 Å². The van der Waals surface area contributed by atoms with Crippen LogP contribution in [0.1, 0.15) is 0 Å². The van der Waals surface area contributed by atoms with Crippen LogP contribution in [0.3, 0.4) is 0 Å². The van der Waals surface area contributed by atoms with Crippen molar-refractivity contribution < 1.29 is 0 Å². The molecule has 3 heterocycles. The third-order valence-corrected chi connectivity index (χ3v) is 3.61. The van der Waals surface area contributed by atoms with Gasteiger partial charge in [-0.3, -0.25) is 19.4 Å². The molecule has 0 fully saturated rings. The topological polar surface area (TPSA) is 89.6 Å². The molecule has 8 heteroatoms. The minimum atomic E-state index is -0.294. The van der Waals surface area contributed by atoms with Crippen LogP contribution in [0.5, 0.6) is 0 Å². The third kappa shape index (κ3) is 1.82. The molecule has 0 spiro atoms. The molecule has 3 rings (SSSR count).